The van der Waals surface area contributed by atoms with Gasteiger partial charge in [0.15, 0.2) is 12.2 Å². The smallest absolute Gasteiger partial charge is 0.294 e. The predicted molar refractivity (Wildman–Crippen MR) is 45.7 cm³/mol. The van der Waals surface area contributed by atoms with E-state index in [0.717, 1.165) is 0 Å². The number of oxazole rings is 1. The molecule has 2 heterocycles. The summed E-state index contributed by atoms with van der Waals surface area (Å²) < 4.78 is 9.56. The Morgan fingerprint density at radius 3 is 3.00 bits per heavy atom. The van der Waals surface area contributed by atoms with Crippen LogP contribution in [-0.4, -0.2) is 16.0 Å². The van der Waals surface area contributed by atoms with Gasteiger partial charge >= 0.3 is 0 Å². The number of hydrogen-bond donors (Lipinski definition) is 1. The molecule has 0 aromatic carbocycles. The van der Waals surface area contributed by atoms with E-state index in [1.807, 2.05) is 0 Å². The van der Waals surface area contributed by atoms with E-state index >= 15 is 0 Å². The highest BCUT2D eigenvalue weighted by atomic mass is 16.5. The van der Waals surface area contributed by atoms with E-state index in [9.17, 15) is 4.79 Å². The summed E-state index contributed by atoms with van der Waals surface area (Å²) in [7, 11) is 0. The minimum Gasteiger partial charge on any atom is -0.438 e. The summed E-state index contributed by atoms with van der Waals surface area (Å²) in [6.45, 7) is 1.73. The number of hydrogen-bond acceptors (Lipinski definition) is 5. The zero-order valence-corrected chi connectivity index (χ0v) is 7.35. The lowest BCUT2D eigenvalue weighted by molar-refractivity contribution is 0.0995. The molecule has 0 atom stereocenters. The maximum Gasteiger partial charge on any atom is 0.294 e. The highest BCUT2D eigenvalue weighted by Gasteiger charge is 2.11. The minimum atomic E-state index is -0.407. The van der Waals surface area contributed by atoms with Gasteiger partial charge in [-0.2, -0.15) is 0 Å². The fourth-order valence-corrected chi connectivity index (χ4v) is 0.931. The normalized spacial score (nSPS) is 10.1. The Morgan fingerprint density at radius 2 is 2.43 bits per heavy atom. The van der Waals surface area contributed by atoms with Gasteiger partial charge in [0.05, 0.1) is 6.20 Å². The Kier molecular flexibility index (Phi) is 2.02. The van der Waals surface area contributed by atoms with Crippen LogP contribution in [0.5, 0.6) is 0 Å². The summed E-state index contributed by atoms with van der Waals surface area (Å²) in [5.74, 6) is 0.697. The summed E-state index contributed by atoms with van der Waals surface area (Å²) in [4.78, 5) is 15.0. The average Bonchev–Trinajstić information content (AvgIpc) is 2.75. The molecule has 0 aliphatic heterocycles. The maximum atomic E-state index is 11.4. The number of nitrogens with zero attached hydrogens (tertiary/aromatic N) is 2. The van der Waals surface area contributed by atoms with Crippen molar-refractivity contribution in [1.29, 1.82) is 0 Å². The van der Waals surface area contributed by atoms with Crippen molar-refractivity contribution in [1.82, 2.24) is 10.1 Å². The van der Waals surface area contributed by atoms with Crippen LogP contribution in [0.25, 0.3) is 0 Å². The molecule has 0 unspecified atom stereocenters. The SMILES string of the molecule is Cc1cc(NC(=O)c2cnco2)no1. The van der Waals surface area contributed by atoms with Crippen molar-refractivity contribution in [3.05, 3.63) is 30.2 Å². The number of rotatable bonds is 2. The standard InChI is InChI=1S/C8H7N3O3/c1-5-2-7(11-14-5)10-8(12)6-3-9-4-13-6/h2-4H,1H3,(H,10,11,12). The second-order valence-electron chi connectivity index (χ2n) is 2.64. The van der Waals surface area contributed by atoms with Crippen LogP contribution in [0.15, 0.2) is 27.6 Å². The third-order valence-corrected chi connectivity index (χ3v) is 1.53. The lowest BCUT2D eigenvalue weighted by Gasteiger charge is -1.94. The van der Waals surface area contributed by atoms with Crippen molar-refractivity contribution in [2.45, 2.75) is 6.92 Å². The predicted octanol–water partition coefficient (Wildman–Crippen LogP) is 1.22. The summed E-state index contributed by atoms with van der Waals surface area (Å²) in [6, 6.07) is 1.61. The molecule has 14 heavy (non-hydrogen) atoms. The van der Waals surface area contributed by atoms with Crippen molar-refractivity contribution in [3.8, 4) is 0 Å². The molecule has 0 fully saturated rings. The largest absolute Gasteiger partial charge is 0.438 e. The Balaban J connectivity index is 2.09. The quantitative estimate of drug-likeness (QED) is 0.775. The van der Waals surface area contributed by atoms with Gasteiger partial charge in [-0.25, -0.2) is 4.98 Å². The number of nitrogens with one attached hydrogen (secondary N) is 1. The van der Waals surface area contributed by atoms with Crippen LogP contribution in [0.2, 0.25) is 0 Å². The summed E-state index contributed by atoms with van der Waals surface area (Å²) >= 11 is 0. The molecule has 1 N–H and O–H groups in total. The molecule has 2 rings (SSSR count). The first-order valence-electron chi connectivity index (χ1n) is 3.89. The number of amides is 1. The van der Waals surface area contributed by atoms with Crippen molar-refractivity contribution < 1.29 is 13.7 Å². The average molecular weight is 193 g/mol. The Labute approximate surface area is 78.9 Å². The first kappa shape index (κ1) is 8.49. The Bertz CT molecular complexity index is 432. The second kappa shape index (κ2) is 3.33. The van der Waals surface area contributed by atoms with Crippen molar-refractivity contribution in [2.75, 3.05) is 5.32 Å². The van der Waals surface area contributed by atoms with E-state index in [1.165, 1.54) is 12.6 Å². The van der Waals surface area contributed by atoms with Gasteiger partial charge in [-0.1, -0.05) is 5.16 Å². The van der Waals surface area contributed by atoms with Gasteiger partial charge in [0.25, 0.3) is 5.91 Å². The highest BCUT2D eigenvalue weighted by Crippen LogP contribution is 2.08. The molecule has 0 spiro atoms. The van der Waals surface area contributed by atoms with Gasteiger partial charge in [0.1, 0.15) is 5.76 Å². The summed E-state index contributed by atoms with van der Waals surface area (Å²) in [5.41, 5.74) is 0. The second-order valence-corrected chi connectivity index (χ2v) is 2.64. The van der Waals surface area contributed by atoms with Crippen LogP contribution in [0.4, 0.5) is 5.82 Å². The maximum absolute atomic E-state index is 11.4. The first-order chi connectivity index (χ1) is 6.75. The van der Waals surface area contributed by atoms with Crippen LogP contribution < -0.4 is 5.32 Å². The van der Waals surface area contributed by atoms with E-state index in [1.54, 1.807) is 13.0 Å². The minimum absolute atomic E-state index is 0.130. The molecule has 2 aromatic heterocycles. The van der Waals surface area contributed by atoms with Crippen molar-refractivity contribution in [2.24, 2.45) is 0 Å². The first-order valence-corrected chi connectivity index (χ1v) is 3.89. The third-order valence-electron chi connectivity index (χ3n) is 1.53. The fourth-order valence-electron chi connectivity index (χ4n) is 0.931. The van der Waals surface area contributed by atoms with E-state index in [2.05, 4.69) is 15.5 Å². The number of aromatic nitrogens is 2. The number of carbonyl (C=O) groups is 1. The molecule has 0 aliphatic rings. The molecule has 72 valence electrons. The van der Waals surface area contributed by atoms with Gasteiger partial charge in [-0.15, -0.1) is 0 Å². The van der Waals surface area contributed by atoms with E-state index in [0.29, 0.717) is 11.6 Å². The van der Waals surface area contributed by atoms with Crippen molar-refractivity contribution >= 4 is 11.7 Å². The molecule has 0 aliphatic carbocycles. The Morgan fingerprint density at radius 1 is 1.57 bits per heavy atom. The molecule has 0 bridgehead atoms. The molecular weight excluding hydrogens is 186 g/mol. The molecule has 0 saturated carbocycles. The molecular formula is C8H7N3O3. The van der Waals surface area contributed by atoms with Crippen LogP contribution in [-0.2, 0) is 0 Å². The van der Waals surface area contributed by atoms with Crippen LogP contribution in [0.1, 0.15) is 16.3 Å². The number of aryl methyl sites for hydroxylation is 1. The monoisotopic (exact) mass is 193 g/mol. The third kappa shape index (κ3) is 1.63. The summed E-state index contributed by atoms with van der Waals surface area (Å²) in [6.07, 6.45) is 2.51. The number of anilines is 1. The molecule has 6 nitrogen and oxygen atoms in total. The Hall–Kier alpha value is -2.11. The van der Waals surface area contributed by atoms with Crippen LogP contribution in [0.3, 0.4) is 0 Å². The fraction of sp³-hybridized carbons (Fsp3) is 0.125. The highest BCUT2D eigenvalue weighted by molar-refractivity contribution is 6.01. The number of carbonyl (C=O) groups excluding carboxylic acids is 1. The van der Waals surface area contributed by atoms with E-state index in [-0.39, 0.29) is 5.76 Å². The van der Waals surface area contributed by atoms with Gasteiger partial charge in [0.2, 0.25) is 5.76 Å². The topological polar surface area (TPSA) is 81.2 Å². The molecule has 2 aromatic rings. The zero-order valence-electron chi connectivity index (χ0n) is 7.35. The molecule has 0 saturated heterocycles. The zero-order chi connectivity index (χ0) is 9.97. The van der Waals surface area contributed by atoms with E-state index < -0.39 is 5.91 Å². The van der Waals surface area contributed by atoms with Crippen LogP contribution >= 0.6 is 0 Å². The lowest BCUT2D eigenvalue weighted by atomic mass is 10.4. The van der Waals surface area contributed by atoms with Gasteiger partial charge in [0, 0.05) is 6.07 Å². The van der Waals surface area contributed by atoms with Gasteiger partial charge in [-0.3, -0.25) is 4.79 Å². The summed E-state index contributed by atoms with van der Waals surface area (Å²) in [5, 5.41) is 6.08. The van der Waals surface area contributed by atoms with Gasteiger partial charge < -0.3 is 14.3 Å². The van der Waals surface area contributed by atoms with Gasteiger partial charge in [-0.05, 0) is 6.92 Å². The van der Waals surface area contributed by atoms with Crippen molar-refractivity contribution in [3.63, 3.8) is 0 Å². The molecule has 6 heteroatoms. The lowest BCUT2D eigenvalue weighted by Crippen LogP contribution is -2.10. The van der Waals surface area contributed by atoms with Crippen LogP contribution in [0, 0.1) is 6.92 Å². The molecule has 0 radical (unpaired) electrons. The van der Waals surface area contributed by atoms with E-state index in [4.69, 9.17) is 8.94 Å². The molecule has 1 amide bonds.